The number of fused-ring (bicyclic) bond motifs is 1. The third-order valence-electron chi connectivity index (χ3n) is 3.00. The van der Waals surface area contributed by atoms with Gasteiger partial charge >= 0.3 is 0 Å². The standard InChI is InChI=1S/C14H12ClN3/c1-9-5-12(10-3-4-18(2)8-10)17-13-7-16-14(15)6-11(9)13/h3-8H,1-2H3. The van der Waals surface area contributed by atoms with Crippen LogP contribution < -0.4 is 0 Å². The highest BCUT2D eigenvalue weighted by Gasteiger charge is 2.06. The molecule has 0 saturated heterocycles. The van der Waals surface area contributed by atoms with Gasteiger partial charge in [0.15, 0.2) is 0 Å². The van der Waals surface area contributed by atoms with Gasteiger partial charge in [-0.2, -0.15) is 0 Å². The molecule has 0 radical (unpaired) electrons. The van der Waals surface area contributed by atoms with E-state index in [9.17, 15) is 0 Å². The molecule has 90 valence electrons. The molecule has 3 heterocycles. The summed E-state index contributed by atoms with van der Waals surface area (Å²) in [7, 11) is 2.00. The molecule has 0 atom stereocenters. The Morgan fingerprint density at radius 1 is 1.28 bits per heavy atom. The van der Waals surface area contributed by atoms with Crippen LogP contribution in [-0.2, 0) is 7.05 Å². The van der Waals surface area contributed by atoms with Crippen LogP contribution in [0.1, 0.15) is 5.56 Å². The average molecular weight is 258 g/mol. The molecule has 3 rings (SSSR count). The first-order valence-corrected chi connectivity index (χ1v) is 6.06. The summed E-state index contributed by atoms with van der Waals surface area (Å²) in [6.07, 6.45) is 5.78. The fourth-order valence-corrected chi connectivity index (χ4v) is 2.23. The number of hydrogen-bond donors (Lipinski definition) is 0. The maximum atomic E-state index is 5.91. The summed E-state index contributed by atoms with van der Waals surface area (Å²) in [5, 5.41) is 1.55. The van der Waals surface area contributed by atoms with Crippen molar-refractivity contribution in [3.05, 3.63) is 47.5 Å². The average Bonchev–Trinajstić information content (AvgIpc) is 2.77. The second-order valence-corrected chi connectivity index (χ2v) is 4.80. The molecule has 3 nitrogen and oxygen atoms in total. The molecule has 0 aliphatic rings. The van der Waals surface area contributed by atoms with E-state index in [0.717, 1.165) is 27.7 Å². The molecule has 0 saturated carbocycles. The second-order valence-electron chi connectivity index (χ2n) is 4.41. The summed E-state index contributed by atoms with van der Waals surface area (Å²) in [4.78, 5) is 8.71. The first-order chi connectivity index (χ1) is 8.63. The van der Waals surface area contributed by atoms with Crippen molar-refractivity contribution in [2.45, 2.75) is 6.92 Å². The van der Waals surface area contributed by atoms with Gasteiger partial charge < -0.3 is 4.57 Å². The maximum absolute atomic E-state index is 5.91. The zero-order valence-corrected chi connectivity index (χ0v) is 10.9. The molecule has 0 fully saturated rings. The lowest BCUT2D eigenvalue weighted by atomic mass is 10.1. The molecule has 4 heteroatoms. The van der Waals surface area contributed by atoms with Gasteiger partial charge in [0.1, 0.15) is 5.15 Å². The first-order valence-electron chi connectivity index (χ1n) is 5.69. The predicted octanol–water partition coefficient (Wildman–Crippen LogP) is 3.60. The van der Waals surface area contributed by atoms with Gasteiger partial charge in [0.05, 0.1) is 17.4 Å². The van der Waals surface area contributed by atoms with Crippen LogP contribution in [0, 0.1) is 6.92 Å². The monoisotopic (exact) mass is 257 g/mol. The molecular weight excluding hydrogens is 246 g/mol. The lowest BCUT2D eigenvalue weighted by Crippen LogP contribution is -1.89. The van der Waals surface area contributed by atoms with Crippen LogP contribution in [-0.4, -0.2) is 14.5 Å². The summed E-state index contributed by atoms with van der Waals surface area (Å²) in [6.45, 7) is 2.06. The zero-order valence-electron chi connectivity index (χ0n) is 10.2. The smallest absolute Gasteiger partial charge is 0.129 e. The fourth-order valence-electron chi connectivity index (χ4n) is 2.08. The molecular formula is C14H12ClN3. The summed E-state index contributed by atoms with van der Waals surface area (Å²) in [6, 6.07) is 5.99. The minimum absolute atomic E-state index is 0.500. The molecule has 0 aromatic carbocycles. The van der Waals surface area contributed by atoms with Gasteiger partial charge in [-0.05, 0) is 30.7 Å². The summed E-state index contributed by atoms with van der Waals surface area (Å²) < 4.78 is 2.01. The van der Waals surface area contributed by atoms with E-state index < -0.39 is 0 Å². The second kappa shape index (κ2) is 4.10. The van der Waals surface area contributed by atoms with Gasteiger partial charge in [-0.1, -0.05) is 11.6 Å². The molecule has 0 aliphatic carbocycles. The highest BCUT2D eigenvalue weighted by atomic mass is 35.5. The van der Waals surface area contributed by atoms with Crippen LogP contribution in [0.15, 0.2) is 36.8 Å². The third kappa shape index (κ3) is 1.87. The van der Waals surface area contributed by atoms with Crippen molar-refractivity contribution in [3.8, 4) is 11.3 Å². The van der Waals surface area contributed by atoms with Gasteiger partial charge in [0, 0.05) is 30.4 Å². The van der Waals surface area contributed by atoms with Crippen LogP contribution in [0.3, 0.4) is 0 Å². The first kappa shape index (κ1) is 11.2. The summed E-state index contributed by atoms with van der Waals surface area (Å²) >= 11 is 5.91. The van der Waals surface area contributed by atoms with E-state index in [-0.39, 0.29) is 0 Å². The van der Waals surface area contributed by atoms with Crippen molar-refractivity contribution in [1.29, 1.82) is 0 Å². The van der Waals surface area contributed by atoms with Gasteiger partial charge in [-0.25, -0.2) is 9.97 Å². The number of aryl methyl sites for hydroxylation is 2. The van der Waals surface area contributed by atoms with E-state index in [2.05, 4.69) is 35.2 Å². The number of hydrogen-bond acceptors (Lipinski definition) is 2. The van der Waals surface area contributed by atoms with E-state index in [1.165, 1.54) is 0 Å². The van der Waals surface area contributed by atoms with Crippen LogP contribution in [0.2, 0.25) is 5.15 Å². The van der Waals surface area contributed by atoms with Crippen LogP contribution in [0.5, 0.6) is 0 Å². The van der Waals surface area contributed by atoms with Crippen molar-refractivity contribution in [2.75, 3.05) is 0 Å². The third-order valence-corrected chi connectivity index (χ3v) is 3.20. The van der Waals surface area contributed by atoms with Crippen LogP contribution in [0.25, 0.3) is 22.2 Å². The van der Waals surface area contributed by atoms with Gasteiger partial charge in [-0.3, -0.25) is 0 Å². The SMILES string of the molecule is Cc1cc(-c2ccn(C)c2)nc2cnc(Cl)cc12. The molecule has 0 amide bonds. The Bertz CT molecular complexity index is 731. The molecule has 3 aromatic rings. The highest BCUT2D eigenvalue weighted by Crippen LogP contribution is 2.25. The van der Waals surface area contributed by atoms with Crippen molar-refractivity contribution >= 4 is 22.5 Å². The number of pyridine rings is 2. The van der Waals surface area contributed by atoms with Crippen molar-refractivity contribution in [3.63, 3.8) is 0 Å². The van der Waals surface area contributed by atoms with E-state index in [1.807, 2.05) is 23.9 Å². The number of nitrogens with zero attached hydrogens (tertiary/aromatic N) is 3. The topological polar surface area (TPSA) is 30.7 Å². The van der Waals surface area contributed by atoms with Crippen LogP contribution >= 0.6 is 11.6 Å². The van der Waals surface area contributed by atoms with E-state index in [0.29, 0.717) is 5.15 Å². The number of rotatable bonds is 1. The zero-order chi connectivity index (χ0) is 12.7. The highest BCUT2D eigenvalue weighted by molar-refractivity contribution is 6.30. The van der Waals surface area contributed by atoms with E-state index >= 15 is 0 Å². The fraction of sp³-hybridized carbons (Fsp3) is 0.143. The minimum atomic E-state index is 0.500. The summed E-state index contributed by atoms with van der Waals surface area (Å²) in [5.41, 5.74) is 4.10. The molecule has 18 heavy (non-hydrogen) atoms. The molecule has 0 unspecified atom stereocenters. The van der Waals surface area contributed by atoms with E-state index in [4.69, 9.17) is 11.6 Å². The Morgan fingerprint density at radius 2 is 2.11 bits per heavy atom. The lowest BCUT2D eigenvalue weighted by molar-refractivity contribution is 0.928. The molecule has 3 aromatic heterocycles. The van der Waals surface area contributed by atoms with Crippen molar-refractivity contribution < 1.29 is 0 Å². The molecule has 0 spiro atoms. The Kier molecular flexibility index (Phi) is 2.56. The number of aromatic nitrogens is 3. The normalized spacial score (nSPS) is 11.1. The Labute approximate surface area is 110 Å². The maximum Gasteiger partial charge on any atom is 0.129 e. The Hall–Kier alpha value is -1.87. The van der Waals surface area contributed by atoms with E-state index in [1.54, 1.807) is 6.20 Å². The van der Waals surface area contributed by atoms with Gasteiger partial charge in [-0.15, -0.1) is 0 Å². The Morgan fingerprint density at radius 3 is 2.83 bits per heavy atom. The Balaban J connectivity index is 2.24. The molecule has 0 N–H and O–H groups in total. The minimum Gasteiger partial charge on any atom is -0.357 e. The molecule has 0 aliphatic heterocycles. The summed E-state index contributed by atoms with van der Waals surface area (Å²) in [5.74, 6) is 0. The quantitative estimate of drug-likeness (QED) is 0.624. The number of halogens is 1. The van der Waals surface area contributed by atoms with Crippen molar-refractivity contribution in [2.24, 2.45) is 7.05 Å². The van der Waals surface area contributed by atoms with Gasteiger partial charge in [0.25, 0.3) is 0 Å². The predicted molar refractivity (Wildman–Crippen MR) is 73.7 cm³/mol. The lowest BCUT2D eigenvalue weighted by Gasteiger charge is -2.05. The largest absolute Gasteiger partial charge is 0.357 e. The molecule has 0 bridgehead atoms. The van der Waals surface area contributed by atoms with Crippen LogP contribution in [0.4, 0.5) is 0 Å². The van der Waals surface area contributed by atoms with Gasteiger partial charge in [0.2, 0.25) is 0 Å². The van der Waals surface area contributed by atoms with Crippen molar-refractivity contribution in [1.82, 2.24) is 14.5 Å².